The van der Waals surface area contributed by atoms with Crippen molar-refractivity contribution in [3.05, 3.63) is 71.3 Å². The smallest absolute Gasteiger partial charge is 0.0664 e. The highest BCUT2D eigenvalue weighted by atomic mass is 14.8. The first kappa shape index (κ1) is 12.6. The van der Waals surface area contributed by atoms with Gasteiger partial charge in [0.2, 0.25) is 0 Å². The molecule has 0 radical (unpaired) electrons. The van der Waals surface area contributed by atoms with Crippen molar-refractivity contribution < 1.29 is 0 Å². The maximum absolute atomic E-state index is 4.67. The van der Waals surface area contributed by atoms with Crippen molar-refractivity contribution >= 4 is 17.5 Å². The van der Waals surface area contributed by atoms with E-state index in [4.69, 9.17) is 0 Å². The molecule has 0 fully saturated rings. The Morgan fingerprint density at radius 3 is 2.67 bits per heavy atom. The monoisotopic (exact) mass is 273 g/mol. The molecule has 1 heteroatoms. The molecule has 2 aliphatic rings. The molecule has 0 saturated heterocycles. The summed E-state index contributed by atoms with van der Waals surface area (Å²) in [4.78, 5) is 4.67. The number of aliphatic imine (C=N–C) groups is 1. The molecule has 0 amide bonds. The van der Waals surface area contributed by atoms with Gasteiger partial charge >= 0.3 is 0 Å². The number of allylic oxidation sites excluding steroid dienone is 2. The van der Waals surface area contributed by atoms with Crippen molar-refractivity contribution in [1.29, 1.82) is 0 Å². The van der Waals surface area contributed by atoms with Crippen LogP contribution in [-0.4, -0.2) is 6.21 Å². The average molecular weight is 273 g/mol. The van der Waals surface area contributed by atoms with Gasteiger partial charge in [0.1, 0.15) is 0 Å². The molecule has 0 N–H and O–H groups in total. The van der Waals surface area contributed by atoms with Crippen molar-refractivity contribution in [2.24, 2.45) is 10.4 Å². The van der Waals surface area contributed by atoms with E-state index < -0.39 is 0 Å². The molecule has 1 atom stereocenters. The molecule has 2 aromatic rings. The first-order valence-electron chi connectivity index (χ1n) is 7.59. The van der Waals surface area contributed by atoms with Crippen LogP contribution in [0.4, 0.5) is 5.69 Å². The maximum Gasteiger partial charge on any atom is 0.0664 e. The van der Waals surface area contributed by atoms with Gasteiger partial charge in [-0.05, 0) is 34.8 Å². The summed E-state index contributed by atoms with van der Waals surface area (Å²) in [6, 6.07) is 17.3. The van der Waals surface area contributed by atoms with Gasteiger partial charge in [-0.15, -0.1) is 0 Å². The lowest BCUT2D eigenvalue weighted by Crippen LogP contribution is -2.27. The third-order valence-corrected chi connectivity index (χ3v) is 4.71. The highest BCUT2D eigenvalue weighted by Crippen LogP contribution is 2.51. The summed E-state index contributed by atoms with van der Waals surface area (Å²) in [5.41, 5.74) is 6.84. The van der Waals surface area contributed by atoms with Crippen LogP contribution in [0.5, 0.6) is 0 Å². The topological polar surface area (TPSA) is 12.4 Å². The Hall–Kier alpha value is -2.15. The first-order valence-corrected chi connectivity index (χ1v) is 7.59. The molecule has 1 heterocycles. The van der Waals surface area contributed by atoms with E-state index in [1.165, 1.54) is 22.3 Å². The van der Waals surface area contributed by atoms with Crippen molar-refractivity contribution in [1.82, 2.24) is 0 Å². The normalized spacial score (nSPS) is 21.6. The number of hydrogen-bond donors (Lipinski definition) is 0. The highest BCUT2D eigenvalue weighted by molar-refractivity contribution is 5.87. The summed E-state index contributed by atoms with van der Waals surface area (Å²) in [5, 5.41) is 0. The molecule has 4 rings (SSSR count). The van der Waals surface area contributed by atoms with Crippen LogP contribution < -0.4 is 0 Å². The van der Waals surface area contributed by atoms with Gasteiger partial charge in [0.25, 0.3) is 0 Å². The fraction of sp³-hybridized carbons (Fsp3) is 0.250. The Labute approximate surface area is 126 Å². The van der Waals surface area contributed by atoms with E-state index in [0.717, 1.165) is 12.1 Å². The summed E-state index contributed by atoms with van der Waals surface area (Å²) in [6.45, 7) is 4.58. The summed E-state index contributed by atoms with van der Waals surface area (Å²) in [6.07, 6.45) is 5.59. The second-order valence-electron chi connectivity index (χ2n) is 6.59. The molecule has 104 valence electrons. The van der Waals surface area contributed by atoms with Crippen molar-refractivity contribution in [3.8, 4) is 0 Å². The minimum Gasteiger partial charge on any atom is -0.260 e. The molecule has 1 unspecified atom stereocenters. The van der Waals surface area contributed by atoms with Gasteiger partial charge < -0.3 is 0 Å². The van der Waals surface area contributed by atoms with Gasteiger partial charge in [0, 0.05) is 17.5 Å². The van der Waals surface area contributed by atoms with Gasteiger partial charge in [-0.1, -0.05) is 62.4 Å². The van der Waals surface area contributed by atoms with Crippen LogP contribution in [0.25, 0.3) is 5.57 Å². The van der Waals surface area contributed by atoms with Gasteiger partial charge in [0.05, 0.1) is 5.69 Å². The Balaban J connectivity index is 1.90. The zero-order chi connectivity index (χ0) is 14.4. The van der Waals surface area contributed by atoms with E-state index in [9.17, 15) is 0 Å². The molecule has 0 bridgehead atoms. The van der Waals surface area contributed by atoms with E-state index in [1.807, 2.05) is 0 Å². The zero-order valence-corrected chi connectivity index (χ0v) is 12.5. The lowest BCUT2D eigenvalue weighted by molar-refractivity contribution is 0.481. The lowest BCUT2D eigenvalue weighted by Gasteiger charge is -2.36. The van der Waals surface area contributed by atoms with Crippen molar-refractivity contribution in [2.75, 3.05) is 0 Å². The SMILES string of the molecule is CC1(C)C=Nc2ccccc2C1C1=CCc2ccccc21. The molecule has 0 aromatic heterocycles. The predicted octanol–water partition coefficient (Wildman–Crippen LogP) is 5.15. The van der Waals surface area contributed by atoms with Crippen molar-refractivity contribution in [3.63, 3.8) is 0 Å². The van der Waals surface area contributed by atoms with Crippen LogP contribution >= 0.6 is 0 Å². The molecular formula is C20H19N. The average Bonchev–Trinajstić information content (AvgIpc) is 2.90. The maximum atomic E-state index is 4.67. The fourth-order valence-corrected chi connectivity index (χ4v) is 3.71. The number of para-hydroxylation sites is 1. The molecule has 1 aliphatic heterocycles. The van der Waals surface area contributed by atoms with E-state index in [2.05, 4.69) is 79.7 Å². The summed E-state index contributed by atoms with van der Waals surface area (Å²) in [5.74, 6) is 0.384. The minimum absolute atomic E-state index is 0.0393. The van der Waals surface area contributed by atoms with E-state index >= 15 is 0 Å². The Morgan fingerprint density at radius 1 is 1.00 bits per heavy atom. The van der Waals surface area contributed by atoms with Crippen LogP contribution in [0.3, 0.4) is 0 Å². The van der Waals surface area contributed by atoms with Gasteiger partial charge in [0.15, 0.2) is 0 Å². The Kier molecular flexibility index (Phi) is 2.65. The summed E-state index contributed by atoms with van der Waals surface area (Å²) < 4.78 is 0. The molecule has 0 spiro atoms. The number of rotatable bonds is 1. The molecule has 1 aliphatic carbocycles. The quantitative estimate of drug-likeness (QED) is 0.681. The van der Waals surface area contributed by atoms with Crippen molar-refractivity contribution in [2.45, 2.75) is 26.2 Å². The summed E-state index contributed by atoms with van der Waals surface area (Å²) >= 11 is 0. The fourth-order valence-electron chi connectivity index (χ4n) is 3.71. The zero-order valence-electron chi connectivity index (χ0n) is 12.5. The second-order valence-corrected chi connectivity index (χ2v) is 6.59. The molecule has 21 heavy (non-hydrogen) atoms. The third kappa shape index (κ3) is 1.88. The van der Waals surface area contributed by atoms with Crippen LogP contribution in [0.15, 0.2) is 59.6 Å². The highest BCUT2D eigenvalue weighted by Gasteiger charge is 2.38. The number of fused-ring (bicyclic) bond motifs is 2. The molecular weight excluding hydrogens is 254 g/mol. The largest absolute Gasteiger partial charge is 0.260 e. The lowest BCUT2D eigenvalue weighted by atomic mass is 9.69. The number of hydrogen-bond acceptors (Lipinski definition) is 1. The molecule has 2 aromatic carbocycles. The van der Waals surface area contributed by atoms with Crippen LogP contribution in [-0.2, 0) is 6.42 Å². The van der Waals surface area contributed by atoms with Gasteiger partial charge in [-0.25, -0.2) is 0 Å². The van der Waals surface area contributed by atoms with E-state index in [0.29, 0.717) is 5.92 Å². The third-order valence-electron chi connectivity index (χ3n) is 4.71. The Bertz CT molecular complexity index is 765. The standard InChI is InChI=1S/C20H19N/c1-20(2)13-21-18-10-6-5-9-17(18)19(20)16-12-11-14-7-3-4-8-15(14)16/h3-10,12-13,19H,11H2,1-2H3. The summed E-state index contributed by atoms with van der Waals surface area (Å²) in [7, 11) is 0. The van der Waals surface area contributed by atoms with E-state index in [-0.39, 0.29) is 5.41 Å². The number of benzene rings is 2. The minimum atomic E-state index is 0.0393. The van der Waals surface area contributed by atoms with Crippen LogP contribution in [0.2, 0.25) is 0 Å². The van der Waals surface area contributed by atoms with Gasteiger partial charge in [-0.2, -0.15) is 0 Å². The number of nitrogens with zero attached hydrogens (tertiary/aromatic N) is 1. The molecule has 0 saturated carbocycles. The Morgan fingerprint density at radius 2 is 1.76 bits per heavy atom. The van der Waals surface area contributed by atoms with Crippen LogP contribution in [0.1, 0.15) is 36.5 Å². The van der Waals surface area contributed by atoms with Gasteiger partial charge in [-0.3, -0.25) is 4.99 Å². The predicted molar refractivity (Wildman–Crippen MR) is 89.2 cm³/mol. The van der Waals surface area contributed by atoms with Crippen LogP contribution in [0, 0.1) is 5.41 Å². The molecule has 1 nitrogen and oxygen atoms in total. The first-order chi connectivity index (χ1) is 10.2. The van der Waals surface area contributed by atoms with E-state index in [1.54, 1.807) is 0 Å². The second kappa shape index (κ2) is 4.42.